The maximum Gasteiger partial charge on any atom is 0.276 e. The van der Waals surface area contributed by atoms with Gasteiger partial charge < -0.3 is 19.5 Å². The number of rotatable bonds is 5. The second-order valence-corrected chi connectivity index (χ2v) is 7.49. The number of ether oxygens (including phenoxy) is 1. The van der Waals surface area contributed by atoms with Crippen molar-refractivity contribution in [1.82, 2.24) is 15.4 Å². The lowest BCUT2D eigenvalue weighted by Crippen LogP contribution is -2.47. The Morgan fingerprint density at radius 3 is 2.43 bits per heavy atom. The van der Waals surface area contributed by atoms with Crippen molar-refractivity contribution >= 4 is 23.4 Å². The number of amides is 2. The normalized spacial score (nSPS) is 14.8. The van der Waals surface area contributed by atoms with E-state index in [4.69, 9.17) is 20.9 Å². The molecule has 1 aliphatic heterocycles. The van der Waals surface area contributed by atoms with Crippen LogP contribution in [0.25, 0.3) is 0 Å². The molecule has 2 amide bonds. The van der Waals surface area contributed by atoms with E-state index in [2.05, 4.69) is 10.5 Å². The van der Waals surface area contributed by atoms with Crippen LogP contribution in [-0.4, -0.2) is 47.6 Å². The summed E-state index contributed by atoms with van der Waals surface area (Å²) in [5.41, 5.74) is 2.15. The summed E-state index contributed by atoms with van der Waals surface area (Å²) >= 11 is 6.14. The number of aromatic nitrogens is 1. The van der Waals surface area contributed by atoms with Gasteiger partial charge in [0.05, 0.1) is 0 Å². The Kier molecular flexibility index (Phi) is 6.24. The largest absolute Gasteiger partial charge is 0.484 e. The molecular weight excluding hydrogens is 382 g/mol. The molecular formula is C20H24ClN3O4. The number of hydrogen-bond acceptors (Lipinski definition) is 5. The molecule has 1 aromatic heterocycles. The van der Waals surface area contributed by atoms with Crippen LogP contribution in [0.15, 0.2) is 22.7 Å². The fourth-order valence-corrected chi connectivity index (χ4v) is 3.37. The molecule has 150 valence electrons. The number of aryl methyl sites for hydroxylation is 3. The van der Waals surface area contributed by atoms with E-state index in [1.54, 1.807) is 17.9 Å². The Morgan fingerprint density at radius 2 is 1.86 bits per heavy atom. The highest BCUT2D eigenvalue weighted by atomic mass is 35.5. The van der Waals surface area contributed by atoms with Crippen LogP contribution in [-0.2, 0) is 4.79 Å². The van der Waals surface area contributed by atoms with E-state index >= 15 is 0 Å². The molecule has 2 aromatic rings. The number of benzene rings is 1. The van der Waals surface area contributed by atoms with Crippen molar-refractivity contribution in [2.45, 2.75) is 39.7 Å². The molecule has 1 aliphatic rings. The van der Waals surface area contributed by atoms with Crippen molar-refractivity contribution in [1.29, 1.82) is 0 Å². The molecule has 1 fully saturated rings. The average molecular weight is 406 g/mol. The molecule has 28 heavy (non-hydrogen) atoms. The third-order valence-corrected chi connectivity index (χ3v) is 5.37. The lowest BCUT2D eigenvalue weighted by Gasteiger charge is -2.31. The first kappa shape index (κ1) is 20.2. The Bertz CT molecular complexity index is 849. The zero-order valence-corrected chi connectivity index (χ0v) is 17.0. The van der Waals surface area contributed by atoms with Crippen LogP contribution in [0.3, 0.4) is 0 Å². The van der Waals surface area contributed by atoms with E-state index in [-0.39, 0.29) is 24.5 Å². The summed E-state index contributed by atoms with van der Waals surface area (Å²) in [6, 6.07) is 5.29. The Hall–Kier alpha value is -2.54. The molecule has 1 saturated heterocycles. The van der Waals surface area contributed by atoms with Gasteiger partial charge in [-0.2, -0.15) is 0 Å². The van der Waals surface area contributed by atoms with E-state index in [0.29, 0.717) is 48.2 Å². The fraction of sp³-hybridized carbons (Fsp3) is 0.450. The predicted octanol–water partition coefficient (Wildman–Crippen LogP) is 3.05. The van der Waals surface area contributed by atoms with Gasteiger partial charge in [0.2, 0.25) is 0 Å². The number of nitrogens with one attached hydrogen (secondary N) is 1. The number of halogens is 1. The smallest absolute Gasteiger partial charge is 0.276 e. The Morgan fingerprint density at radius 1 is 1.21 bits per heavy atom. The van der Waals surface area contributed by atoms with Crippen molar-refractivity contribution < 1.29 is 18.8 Å². The van der Waals surface area contributed by atoms with Crippen molar-refractivity contribution in [2.75, 3.05) is 19.7 Å². The standard InChI is InChI=1S/C20H24ClN3O4/c1-12-8-16(9-13(2)19(12)21)27-11-18(25)22-15-4-6-24(7-5-15)20(26)17-10-14(3)28-23-17/h8-10,15H,4-7,11H2,1-3H3,(H,22,25). The van der Waals surface area contributed by atoms with Gasteiger partial charge in [0, 0.05) is 30.2 Å². The molecule has 0 spiro atoms. The third kappa shape index (κ3) is 4.84. The summed E-state index contributed by atoms with van der Waals surface area (Å²) in [5.74, 6) is 0.912. The molecule has 3 rings (SSSR count). The SMILES string of the molecule is Cc1cc(C(=O)N2CCC(NC(=O)COc3cc(C)c(Cl)c(C)c3)CC2)no1. The van der Waals surface area contributed by atoms with Crippen molar-refractivity contribution in [2.24, 2.45) is 0 Å². The van der Waals surface area contributed by atoms with E-state index in [0.717, 1.165) is 11.1 Å². The first-order valence-electron chi connectivity index (χ1n) is 9.25. The van der Waals surface area contributed by atoms with Crippen LogP contribution in [0, 0.1) is 20.8 Å². The highest BCUT2D eigenvalue weighted by molar-refractivity contribution is 6.32. The van der Waals surface area contributed by atoms with Crippen LogP contribution < -0.4 is 10.1 Å². The molecule has 0 bridgehead atoms. The lowest BCUT2D eigenvalue weighted by molar-refractivity contribution is -0.124. The van der Waals surface area contributed by atoms with Gasteiger partial charge in [0.1, 0.15) is 11.5 Å². The van der Waals surface area contributed by atoms with Gasteiger partial charge in [-0.3, -0.25) is 9.59 Å². The van der Waals surface area contributed by atoms with Gasteiger partial charge in [-0.25, -0.2) is 0 Å². The van der Waals surface area contributed by atoms with Crippen LogP contribution in [0.4, 0.5) is 0 Å². The Labute approximate surface area is 169 Å². The molecule has 0 saturated carbocycles. The number of carbonyl (C=O) groups is 2. The number of piperidine rings is 1. The number of likely N-dealkylation sites (tertiary alicyclic amines) is 1. The summed E-state index contributed by atoms with van der Waals surface area (Å²) in [4.78, 5) is 26.3. The summed E-state index contributed by atoms with van der Waals surface area (Å²) in [5, 5.41) is 7.45. The number of carbonyl (C=O) groups excluding carboxylic acids is 2. The summed E-state index contributed by atoms with van der Waals surface area (Å²) in [6.07, 6.45) is 1.38. The number of hydrogen-bond donors (Lipinski definition) is 1. The first-order valence-corrected chi connectivity index (χ1v) is 9.63. The summed E-state index contributed by atoms with van der Waals surface area (Å²) in [6.45, 7) is 6.62. The predicted molar refractivity (Wildman–Crippen MR) is 105 cm³/mol. The van der Waals surface area contributed by atoms with Crippen molar-refractivity contribution in [3.63, 3.8) is 0 Å². The topological polar surface area (TPSA) is 84.7 Å². The van der Waals surface area contributed by atoms with Crippen molar-refractivity contribution in [3.05, 3.63) is 45.8 Å². The maximum absolute atomic E-state index is 12.4. The van der Waals surface area contributed by atoms with Gasteiger partial charge in [-0.15, -0.1) is 0 Å². The van der Waals surface area contributed by atoms with E-state index in [1.807, 2.05) is 26.0 Å². The minimum absolute atomic E-state index is 0.0212. The van der Waals surface area contributed by atoms with Gasteiger partial charge in [-0.05, 0) is 56.9 Å². The van der Waals surface area contributed by atoms with Crippen molar-refractivity contribution in [3.8, 4) is 5.75 Å². The van der Waals surface area contributed by atoms with Gasteiger partial charge in [0.15, 0.2) is 12.3 Å². The lowest BCUT2D eigenvalue weighted by atomic mass is 10.0. The molecule has 0 atom stereocenters. The molecule has 1 N–H and O–H groups in total. The van der Waals surface area contributed by atoms with Crippen LogP contribution in [0.2, 0.25) is 5.02 Å². The monoisotopic (exact) mass is 405 g/mol. The maximum atomic E-state index is 12.4. The molecule has 1 aromatic carbocycles. The van der Waals surface area contributed by atoms with E-state index < -0.39 is 0 Å². The van der Waals surface area contributed by atoms with E-state index in [9.17, 15) is 9.59 Å². The zero-order valence-electron chi connectivity index (χ0n) is 16.3. The summed E-state index contributed by atoms with van der Waals surface area (Å²) < 4.78 is 10.6. The van der Waals surface area contributed by atoms with Crippen LogP contribution >= 0.6 is 11.6 Å². The fourth-order valence-electron chi connectivity index (χ4n) is 3.26. The second-order valence-electron chi connectivity index (χ2n) is 7.12. The molecule has 0 unspecified atom stereocenters. The van der Waals surface area contributed by atoms with Gasteiger partial charge in [0.25, 0.3) is 11.8 Å². The molecule has 0 radical (unpaired) electrons. The number of nitrogens with zero attached hydrogens (tertiary/aromatic N) is 2. The molecule has 2 heterocycles. The highest BCUT2D eigenvalue weighted by Gasteiger charge is 2.26. The van der Waals surface area contributed by atoms with Crippen LogP contribution in [0.5, 0.6) is 5.75 Å². The second kappa shape index (κ2) is 8.65. The van der Waals surface area contributed by atoms with E-state index in [1.165, 1.54) is 0 Å². The highest BCUT2D eigenvalue weighted by Crippen LogP contribution is 2.25. The quantitative estimate of drug-likeness (QED) is 0.826. The minimum Gasteiger partial charge on any atom is -0.484 e. The first-order chi connectivity index (χ1) is 13.3. The zero-order chi connectivity index (χ0) is 20.3. The average Bonchev–Trinajstić information content (AvgIpc) is 3.10. The summed E-state index contributed by atoms with van der Waals surface area (Å²) in [7, 11) is 0. The Balaban J connectivity index is 1.44. The molecule has 7 nitrogen and oxygen atoms in total. The molecule has 8 heteroatoms. The minimum atomic E-state index is -0.179. The molecule has 0 aliphatic carbocycles. The van der Waals surface area contributed by atoms with Crippen LogP contribution in [0.1, 0.15) is 40.2 Å². The third-order valence-electron chi connectivity index (χ3n) is 4.77. The van der Waals surface area contributed by atoms with Gasteiger partial charge >= 0.3 is 0 Å². The van der Waals surface area contributed by atoms with Gasteiger partial charge in [-0.1, -0.05) is 16.8 Å².